The van der Waals surface area contributed by atoms with Crippen LogP contribution in [-0.4, -0.2) is 27.8 Å². The maximum absolute atomic E-state index is 13.0. The predicted molar refractivity (Wildman–Crippen MR) is 104 cm³/mol. The molecule has 6 heteroatoms. The molecule has 0 radical (unpaired) electrons. The summed E-state index contributed by atoms with van der Waals surface area (Å²) in [6.45, 7) is 2.83. The predicted octanol–water partition coefficient (Wildman–Crippen LogP) is 4.81. The van der Waals surface area contributed by atoms with E-state index in [1.54, 1.807) is 12.1 Å². The van der Waals surface area contributed by atoms with Crippen LogP contribution in [0.5, 0.6) is 5.75 Å². The molecule has 1 saturated heterocycles. The first-order valence-electron chi connectivity index (χ1n) is 9.05. The van der Waals surface area contributed by atoms with Gasteiger partial charge in [-0.25, -0.2) is 4.39 Å². The van der Waals surface area contributed by atoms with E-state index in [0.29, 0.717) is 25.3 Å². The van der Waals surface area contributed by atoms with Gasteiger partial charge in [-0.3, -0.25) is 14.5 Å². The molecule has 3 rings (SSSR count). The topological polar surface area (TPSA) is 46.6 Å². The minimum Gasteiger partial charge on any atom is -0.489 e. The van der Waals surface area contributed by atoms with Gasteiger partial charge >= 0.3 is 0 Å². The van der Waals surface area contributed by atoms with E-state index in [9.17, 15) is 14.0 Å². The molecule has 142 valence electrons. The Bertz CT molecular complexity index is 809. The van der Waals surface area contributed by atoms with Gasteiger partial charge in [-0.2, -0.15) is 0 Å². The second kappa shape index (κ2) is 9.04. The van der Waals surface area contributed by atoms with Crippen molar-refractivity contribution in [3.63, 3.8) is 0 Å². The van der Waals surface area contributed by atoms with Crippen LogP contribution < -0.4 is 4.74 Å². The van der Waals surface area contributed by atoms with Crippen LogP contribution in [0.4, 0.5) is 9.18 Å². The Morgan fingerprint density at radius 2 is 1.85 bits per heavy atom. The fourth-order valence-electron chi connectivity index (χ4n) is 2.90. The van der Waals surface area contributed by atoms with E-state index >= 15 is 0 Å². The Kier molecular flexibility index (Phi) is 6.50. The monoisotopic (exact) mass is 387 g/mol. The summed E-state index contributed by atoms with van der Waals surface area (Å²) in [6, 6.07) is 13.7. The third-order valence-corrected chi connectivity index (χ3v) is 5.50. The van der Waals surface area contributed by atoms with Crippen molar-refractivity contribution in [3.8, 4) is 5.75 Å². The second-order valence-corrected chi connectivity index (χ2v) is 7.60. The minimum absolute atomic E-state index is 0.119. The minimum atomic E-state index is -0.412. The summed E-state index contributed by atoms with van der Waals surface area (Å²) in [5.74, 6) is 0.273. The van der Waals surface area contributed by atoms with Crippen LogP contribution in [0, 0.1) is 5.82 Å². The largest absolute Gasteiger partial charge is 0.489 e. The van der Waals surface area contributed by atoms with Gasteiger partial charge < -0.3 is 4.74 Å². The van der Waals surface area contributed by atoms with Crippen LogP contribution >= 0.6 is 11.8 Å². The summed E-state index contributed by atoms with van der Waals surface area (Å²) in [5, 5.41) is -0.576. The highest BCUT2D eigenvalue weighted by Crippen LogP contribution is 2.32. The van der Waals surface area contributed by atoms with Gasteiger partial charge in [0.05, 0.1) is 5.25 Å². The van der Waals surface area contributed by atoms with Crippen LogP contribution in [0.15, 0.2) is 48.5 Å². The standard InChI is InChI=1S/C21H22FNO3S/c1-2-3-12-23-20(24)19(27-21(23)25)13-16-6-4-5-7-18(16)26-14-15-8-10-17(22)11-9-15/h4-11,19H,2-3,12-14H2,1H3/t19-/m0/s1. The molecule has 0 N–H and O–H groups in total. The molecular weight excluding hydrogens is 365 g/mol. The molecule has 1 fully saturated rings. The number of para-hydroxylation sites is 1. The third kappa shape index (κ3) is 4.89. The molecule has 2 aromatic carbocycles. The van der Waals surface area contributed by atoms with Crippen molar-refractivity contribution in [1.82, 2.24) is 4.90 Å². The fourth-order valence-corrected chi connectivity index (χ4v) is 3.94. The Morgan fingerprint density at radius 1 is 1.11 bits per heavy atom. The number of rotatable bonds is 8. The number of ether oxygens (including phenoxy) is 1. The van der Waals surface area contributed by atoms with Crippen LogP contribution in [0.1, 0.15) is 30.9 Å². The molecule has 0 saturated carbocycles. The molecule has 1 heterocycles. The van der Waals surface area contributed by atoms with Crippen molar-refractivity contribution < 1.29 is 18.7 Å². The number of carbonyl (C=O) groups excluding carboxylic acids is 2. The average Bonchev–Trinajstić information content (AvgIpc) is 2.93. The van der Waals surface area contributed by atoms with E-state index in [1.165, 1.54) is 17.0 Å². The lowest BCUT2D eigenvalue weighted by atomic mass is 10.1. The lowest BCUT2D eigenvalue weighted by Gasteiger charge is -2.15. The van der Waals surface area contributed by atoms with Crippen molar-refractivity contribution in [3.05, 3.63) is 65.5 Å². The lowest BCUT2D eigenvalue weighted by molar-refractivity contribution is -0.126. The molecular formula is C21H22FNO3S. The molecule has 2 amide bonds. The van der Waals surface area contributed by atoms with E-state index in [4.69, 9.17) is 4.74 Å². The Balaban J connectivity index is 1.66. The normalized spacial score (nSPS) is 16.8. The van der Waals surface area contributed by atoms with Gasteiger partial charge in [0.2, 0.25) is 5.91 Å². The van der Waals surface area contributed by atoms with Gasteiger partial charge in [-0.05, 0) is 42.2 Å². The molecule has 1 aliphatic rings. The zero-order valence-corrected chi connectivity index (χ0v) is 16.0. The van der Waals surface area contributed by atoms with Crippen LogP contribution in [0.25, 0.3) is 0 Å². The van der Waals surface area contributed by atoms with Gasteiger partial charge in [0, 0.05) is 6.54 Å². The summed E-state index contributed by atoms with van der Waals surface area (Å²) in [4.78, 5) is 26.0. The number of imide groups is 1. The van der Waals surface area contributed by atoms with E-state index in [-0.39, 0.29) is 17.0 Å². The molecule has 2 aromatic rings. The number of hydrogen-bond donors (Lipinski definition) is 0. The summed E-state index contributed by atoms with van der Waals surface area (Å²) in [6.07, 6.45) is 2.20. The zero-order valence-electron chi connectivity index (χ0n) is 15.2. The number of halogens is 1. The van der Waals surface area contributed by atoms with Gasteiger partial charge in [-0.1, -0.05) is 55.4 Å². The Morgan fingerprint density at radius 3 is 2.59 bits per heavy atom. The quantitative estimate of drug-likeness (QED) is 0.652. The highest BCUT2D eigenvalue weighted by atomic mass is 32.2. The molecule has 1 atom stereocenters. The van der Waals surface area contributed by atoms with E-state index in [1.807, 2.05) is 31.2 Å². The van der Waals surface area contributed by atoms with Gasteiger partial charge in [0.25, 0.3) is 5.24 Å². The molecule has 0 aromatic heterocycles. The number of hydrogen-bond acceptors (Lipinski definition) is 4. The van der Waals surface area contributed by atoms with Gasteiger partial charge in [-0.15, -0.1) is 0 Å². The van der Waals surface area contributed by atoms with Crippen LogP contribution in [0.2, 0.25) is 0 Å². The lowest BCUT2D eigenvalue weighted by Crippen LogP contribution is -2.33. The molecule has 0 spiro atoms. The second-order valence-electron chi connectivity index (χ2n) is 6.44. The van der Waals surface area contributed by atoms with Gasteiger partial charge in [0.1, 0.15) is 18.2 Å². The molecule has 0 bridgehead atoms. The van der Waals surface area contributed by atoms with Crippen molar-refractivity contribution in [2.45, 2.75) is 38.0 Å². The number of benzene rings is 2. The van der Waals surface area contributed by atoms with Crippen molar-refractivity contribution >= 4 is 22.9 Å². The SMILES string of the molecule is CCCCN1C(=O)S[C@@H](Cc2ccccc2OCc2ccc(F)cc2)C1=O. The van der Waals surface area contributed by atoms with Crippen molar-refractivity contribution in [1.29, 1.82) is 0 Å². The smallest absolute Gasteiger partial charge is 0.289 e. The Labute approximate surface area is 162 Å². The number of amides is 2. The first-order valence-corrected chi connectivity index (χ1v) is 9.93. The summed E-state index contributed by atoms with van der Waals surface area (Å²) >= 11 is 1.09. The molecule has 1 aliphatic heterocycles. The molecule has 27 heavy (non-hydrogen) atoms. The molecule has 4 nitrogen and oxygen atoms in total. The number of nitrogens with zero attached hydrogens (tertiary/aromatic N) is 1. The fraction of sp³-hybridized carbons (Fsp3) is 0.333. The molecule has 0 aliphatic carbocycles. The number of unbranched alkanes of at least 4 members (excludes halogenated alkanes) is 1. The zero-order chi connectivity index (χ0) is 19.2. The van der Waals surface area contributed by atoms with E-state index in [2.05, 4.69) is 0 Å². The summed E-state index contributed by atoms with van der Waals surface area (Å²) < 4.78 is 18.9. The first-order chi connectivity index (χ1) is 13.1. The van der Waals surface area contributed by atoms with Gasteiger partial charge in [0.15, 0.2) is 0 Å². The highest BCUT2D eigenvalue weighted by molar-refractivity contribution is 8.15. The third-order valence-electron chi connectivity index (χ3n) is 4.43. The maximum Gasteiger partial charge on any atom is 0.289 e. The molecule has 0 unspecified atom stereocenters. The number of thioether (sulfide) groups is 1. The maximum atomic E-state index is 13.0. The summed E-state index contributed by atoms with van der Waals surface area (Å²) in [7, 11) is 0. The van der Waals surface area contributed by atoms with Crippen molar-refractivity contribution in [2.24, 2.45) is 0 Å². The van der Waals surface area contributed by atoms with Crippen LogP contribution in [-0.2, 0) is 17.8 Å². The van der Waals surface area contributed by atoms with Crippen LogP contribution in [0.3, 0.4) is 0 Å². The van der Waals surface area contributed by atoms with E-state index < -0.39 is 5.25 Å². The van der Waals surface area contributed by atoms with Crippen molar-refractivity contribution in [2.75, 3.05) is 6.54 Å². The first kappa shape index (κ1) is 19.4. The average molecular weight is 387 g/mol. The van der Waals surface area contributed by atoms with E-state index in [0.717, 1.165) is 35.7 Å². The highest BCUT2D eigenvalue weighted by Gasteiger charge is 2.39. The summed E-state index contributed by atoms with van der Waals surface area (Å²) in [5.41, 5.74) is 1.74. The number of carbonyl (C=O) groups is 2. The Hall–Kier alpha value is -2.34.